The topological polar surface area (TPSA) is 50.3 Å². The highest BCUT2D eigenvalue weighted by molar-refractivity contribution is 7.91. The Labute approximate surface area is 222 Å². The number of para-hydroxylation sites is 1. The van der Waals surface area contributed by atoms with Gasteiger partial charge in [-0.15, -0.1) is 6.58 Å². The average Bonchev–Trinajstić information content (AvgIpc) is 2.90. The Hall–Kier alpha value is -2.92. The zero-order valence-electron chi connectivity index (χ0n) is 20.7. The number of rotatable bonds is 6. The van der Waals surface area contributed by atoms with Gasteiger partial charge in [0.05, 0.1) is 27.3 Å². The van der Waals surface area contributed by atoms with Crippen LogP contribution in [0.2, 0.25) is 0 Å². The van der Waals surface area contributed by atoms with Gasteiger partial charge in [0, 0.05) is 30.1 Å². The van der Waals surface area contributed by atoms with Crippen LogP contribution in [-0.2, 0) is 22.2 Å². The second-order valence-corrected chi connectivity index (χ2v) is 12.3. The molecule has 4 nitrogen and oxygen atoms in total. The quantitative estimate of drug-likeness (QED) is 0.245. The summed E-state index contributed by atoms with van der Waals surface area (Å²) in [5.41, 5.74) is -2.04. The van der Waals surface area contributed by atoms with Crippen molar-refractivity contribution in [3.8, 4) is 0 Å². The summed E-state index contributed by atoms with van der Waals surface area (Å²) in [6, 6.07) is 9.10. The highest BCUT2D eigenvalue weighted by Crippen LogP contribution is 2.44. The maximum Gasteiger partial charge on any atom is 0.416 e. The van der Waals surface area contributed by atoms with Crippen molar-refractivity contribution >= 4 is 20.7 Å². The molecular weight excluding hydrogens is 542 g/mol. The fourth-order valence-corrected chi connectivity index (χ4v) is 7.76. The molecule has 0 spiro atoms. The minimum Gasteiger partial charge on any atom is -0.299 e. The number of piperidine rings is 3. The number of hydrogen-bond donors (Lipinski definition) is 0. The first kappa shape index (κ1) is 27.6. The van der Waals surface area contributed by atoms with Crippen molar-refractivity contribution in [2.24, 2.45) is 11.8 Å². The summed E-state index contributed by atoms with van der Waals surface area (Å²) in [6.07, 6.45) is -5.31. The summed E-state index contributed by atoms with van der Waals surface area (Å²) < 4.78 is 108. The molecule has 1 aromatic heterocycles. The third-order valence-corrected chi connectivity index (χ3v) is 9.77. The normalized spacial score (nSPS) is 24.6. The fraction of sp³-hybridized carbons (Fsp3) is 0.393. The van der Waals surface area contributed by atoms with Crippen molar-refractivity contribution in [2.45, 2.75) is 42.0 Å². The molecule has 6 rings (SSSR count). The first-order valence-electron chi connectivity index (χ1n) is 12.5. The predicted molar refractivity (Wildman–Crippen MR) is 135 cm³/mol. The number of hydrogen-bond acceptors (Lipinski definition) is 4. The number of halogens is 6. The van der Waals surface area contributed by atoms with Gasteiger partial charge >= 0.3 is 12.4 Å². The zero-order valence-corrected chi connectivity index (χ0v) is 21.5. The van der Waals surface area contributed by atoms with Crippen molar-refractivity contribution < 1.29 is 34.8 Å². The molecule has 0 radical (unpaired) electrons. The molecule has 3 saturated heterocycles. The van der Waals surface area contributed by atoms with E-state index in [0.717, 1.165) is 13.0 Å². The van der Waals surface area contributed by atoms with E-state index < -0.39 is 49.9 Å². The summed E-state index contributed by atoms with van der Waals surface area (Å²) in [6.45, 7) is 5.30. The number of nitrogens with zero attached hydrogens (tertiary/aromatic N) is 2. The van der Waals surface area contributed by atoms with E-state index in [-0.39, 0.29) is 23.9 Å². The summed E-state index contributed by atoms with van der Waals surface area (Å²) in [7, 11) is -4.59. The van der Waals surface area contributed by atoms with E-state index in [1.54, 1.807) is 36.5 Å². The summed E-state index contributed by atoms with van der Waals surface area (Å²) in [5, 5.41) is 0.697. The van der Waals surface area contributed by atoms with Crippen LogP contribution in [0.3, 0.4) is 0 Å². The molecule has 0 aliphatic carbocycles. The monoisotopic (exact) mass is 568 g/mol. The van der Waals surface area contributed by atoms with E-state index in [9.17, 15) is 34.8 Å². The number of pyridine rings is 1. The second kappa shape index (κ2) is 9.92. The summed E-state index contributed by atoms with van der Waals surface area (Å²) >= 11 is 0. The Morgan fingerprint density at radius 1 is 1.03 bits per heavy atom. The van der Waals surface area contributed by atoms with Crippen LogP contribution >= 0.6 is 0 Å². The van der Waals surface area contributed by atoms with E-state index in [2.05, 4.69) is 16.5 Å². The molecule has 208 valence electrons. The smallest absolute Gasteiger partial charge is 0.299 e. The first-order valence-corrected chi connectivity index (χ1v) is 14.2. The van der Waals surface area contributed by atoms with E-state index in [4.69, 9.17) is 0 Å². The van der Waals surface area contributed by atoms with Crippen LogP contribution in [0.15, 0.2) is 72.3 Å². The number of fused-ring (bicyclic) bond motifs is 4. The van der Waals surface area contributed by atoms with E-state index in [1.807, 2.05) is 6.08 Å². The summed E-state index contributed by atoms with van der Waals surface area (Å²) in [4.78, 5) is 5.53. The van der Waals surface area contributed by atoms with E-state index in [1.165, 1.54) is 0 Å². The molecule has 0 saturated carbocycles. The van der Waals surface area contributed by atoms with Crippen LogP contribution in [0.1, 0.15) is 35.4 Å². The molecule has 3 unspecified atom stereocenters. The van der Waals surface area contributed by atoms with Gasteiger partial charge in [-0.2, -0.15) is 26.3 Å². The van der Waals surface area contributed by atoms with Gasteiger partial charge < -0.3 is 0 Å². The third kappa shape index (κ3) is 5.43. The van der Waals surface area contributed by atoms with Crippen LogP contribution in [-0.4, -0.2) is 43.2 Å². The molecule has 0 amide bonds. The lowest BCUT2D eigenvalue weighted by Crippen LogP contribution is -2.55. The predicted octanol–water partition coefficient (Wildman–Crippen LogP) is 6.73. The maximum atomic E-state index is 13.7. The minimum absolute atomic E-state index is 0.0614. The molecule has 11 heteroatoms. The number of sulfone groups is 1. The summed E-state index contributed by atoms with van der Waals surface area (Å²) in [5.74, 6) is -0.854. The Bertz CT molecular complexity index is 1460. The Balaban J connectivity index is 1.62. The molecule has 2 aromatic carbocycles. The van der Waals surface area contributed by atoms with Gasteiger partial charge in [0.2, 0.25) is 0 Å². The van der Waals surface area contributed by atoms with Crippen molar-refractivity contribution in [3.05, 3.63) is 84.1 Å². The van der Waals surface area contributed by atoms with Crippen molar-refractivity contribution in [2.75, 3.05) is 18.8 Å². The zero-order chi connectivity index (χ0) is 28.2. The lowest BCUT2D eigenvalue weighted by molar-refractivity contribution is -0.143. The maximum absolute atomic E-state index is 13.7. The van der Waals surface area contributed by atoms with Gasteiger partial charge in [-0.25, -0.2) is 8.42 Å². The Morgan fingerprint density at radius 3 is 2.28 bits per heavy atom. The molecule has 39 heavy (non-hydrogen) atoms. The number of alkyl halides is 6. The van der Waals surface area contributed by atoms with Crippen LogP contribution in [0.5, 0.6) is 0 Å². The van der Waals surface area contributed by atoms with Crippen LogP contribution in [0, 0.1) is 11.8 Å². The second-order valence-electron chi connectivity index (χ2n) is 10.3. The van der Waals surface area contributed by atoms with Gasteiger partial charge in [-0.05, 0) is 67.1 Å². The fourth-order valence-electron chi connectivity index (χ4n) is 6.08. The first-order chi connectivity index (χ1) is 18.3. The molecule has 3 aromatic rings. The van der Waals surface area contributed by atoms with Crippen molar-refractivity contribution in [1.82, 2.24) is 9.88 Å². The highest BCUT2D eigenvalue weighted by atomic mass is 32.2. The Kier molecular flexibility index (Phi) is 7.03. The van der Waals surface area contributed by atoms with Gasteiger partial charge in [0.15, 0.2) is 9.84 Å². The van der Waals surface area contributed by atoms with Crippen LogP contribution in [0.4, 0.5) is 26.3 Å². The molecule has 3 aliphatic heterocycles. The molecule has 3 fully saturated rings. The molecular formula is C28H26F6N2O2S. The van der Waals surface area contributed by atoms with Crippen LogP contribution in [0.25, 0.3) is 10.9 Å². The van der Waals surface area contributed by atoms with Gasteiger partial charge in [-0.1, -0.05) is 24.3 Å². The standard InChI is InChI=1S/C28H26F6N2O2S/c1-2-17-15-36-10-8-18(17)11-26(36)24(22-7-9-35-25-6-4-3-5-23(22)25)16-39(37,38)21-13-19(27(29,30)31)12-20(14-21)28(32,33)34/h2-7,9,12-14,17-18,24,26H,1,8,10-11,15-16H2/t17?,18?,24-,26-/m0/s1. The number of aromatic nitrogens is 1. The van der Waals surface area contributed by atoms with Gasteiger partial charge in [0.25, 0.3) is 0 Å². The van der Waals surface area contributed by atoms with Crippen LogP contribution < -0.4 is 0 Å². The molecule has 4 heterocycles. The van der Waals surface area contributed by atoms with Crippen molar-refractivity contribution in [1.29, 1.82) is 0 Å². The lowest BCUT2D eigenvalue weighted by Gasteiger charge is -2.51. The lowest BCUT2D eigenvalue weighted by atomic mass is 9.71. The van der Waals surface area contributed by atoms with Gasteiger partial charge in [-0.3, -0.25) is 9.88 Å². The highest BCUT2D eigenvalue weighted by Gasteiger charge is 2.45. The van der Waals surface area contributed by atoms with Gasteiger partial charge in [0.1, 0.15) is 0 Å². The largest absolute Gasteiger partial charge is 0.416 e. The molecule has 3 aliphatic rings. The molecule has 0 N–H and O–H groups in total. The van der Waals surface area contributed by atoms with E-state index >= 15 is 0 Å². The number of benzene rings is 2. The Morgan fingerprint density at radius 2 is 1.69 bits per heavy atom. The molecule has 5 atom stereocenters. The molecule has 2 bridgehead atoms. The minimum atomic E-state index is -5.15. The van der Waals surface area contributed by atoms with E-state index in [0.29, 0.717) is 41.6 Å². The average molecular weight is 569 g/mol. The SMILES string of the molecule is C=CC1CN2CCC1C[C@H]2[C@@H](CS(=O)(=O)c1cc(C(F)(F)F)cc(C(F)(F)F)c1)c1ccnc2ccccc12. The van der Waals surface area contributed by atoms with Crippen molar-refractivity contribution in [3.63, 3.8) is 0 Å². The third-order valence-electron chi connectivity index (χ3n) is 8.02.